The maximum absolute atomic E-state index is 3.71. The maximum atomic E-state index is 3.71. The molecule has 1 aliphatic rings. The number of hydrogen-bond donors (Lipinski definition) is 1. The summed E-state index contributed by atoms with van der Waals surface area (Å²) < 4.78 is 0. The number of hydrogen-bond acceptors (Lipinski definition) is 2. The normalized spacial score (nSPS) is 27.7. The van der Waals surface area contributed by atoms with Crippen LogP contribution in [0.15, 0.2) is 0 Å². The Morgan fingerprint density at radius 1 is 1.24 bits per heavy atom. The Bertz CT molecular complexity index is 199. The minimum Gasteiger partial charge on any atom is -0.312 e. The van der Waals surface area contributed by atoms with Gasteiger partial charge in [-0.3, -0.25) is 4.90 Å². The Hall–Kier alpha value is -0.0800. The van der Waals surface area contributed by atoms with Crippen LogP contribution in [0.5, 0.6) is 0 Å². The van der Waals surface area contributed by atoms with Crippen molar-refractivity contribution in [3.8, 4) is 0 Å². The van der Waals surface area contributed by atoms with Gasteiger partial charge in [0.1, 0.15) is 0 Å². The van der Waals surface area contributed by atoms with Gasteiger partial charge in [0, 0.05) is 25.2 Å². The fourth-order valence-electron chi connectivity index (χ4n) is 2.74. The lowest BCUT2D eigenvalue weighted by molar-refractivity contribution is 0.160. The van der Waals surface area contributed by atoms with E-state index < -0.39 is 0 Å². The molecule has 0 aliphatic carbocycles. The highest BCUT2D eigenvalue weighted by atomic mass is 15.2. The molecular formula is C15H32N2. The highest BCUT2D eigenvalue weighted by Gasteiger charge is 2.25. The van der Waals surface area contributed by atoms with Crippen LogP contribution in [0, 0.1) is 11.8 Å². The molecule has 1 rings (SSSR count). The Kier molecular flexibility index (Phi) is 6.50. The first kappa shape index (κ1) is 15.0. The third-order valence-electron chi connectivity index (χ3n) is 4.48. The Labute approximate surface area is 108 Å². The zero-order valence-electron chi connectivity index (χ0n) is 12.5. The minimum absolute atomic E-state index is 0.675. The van der Waals surface area contributed by atoms with E-state index in [0.29, 0.717) is 6.04 Å². The number of rotatable bonds is 5. The van der Waals surface area contributed by atoms with Crippen LogP contribution in [0.25, 0.3) is 0 Å². The van der Waals surface area contributed by atoms with E-state index in [1.807, 2.05) is 0 Å². The van der Waals surface area contributed by atoms with Crippen molar-refractivity contribution in [1.29, 1.82) is 0 Å². The van der Waals surface area contributed by atoms with Gasteiger partial charge in [0.2, 0.25) is 0 Å². The molecule has 0 aromatic rings. The average molecular weight is 240 g/mol. The number of nitrogens with zero attached hydrogens (tertiary/aromatic N) is 1. The van der Waals surface area contributed by atoms with E-state index in [9.17, 15) is 0 Å². The molecule has 0 aromatic heterocycles. The third kappa shape index (κ3) is 4.59. The first-order valence-corrected chi connectivity index (χ1v) is 7.55. The largest absolute Gasteiger partial charge is 0.312 e. The molecule has 0 bridgehead atoms. The molecule has 0 aromatic carbocycles. The summed E-state index contributed by atoms with van der Waals surface area (Å²) in [5.74, 6) is 1.62. The first-order chi connectivity index (χ1) is 8.08. The Morgan fingerprint density at radius 3 is 2.41 bits per heavy atom. The summed E-state index contributed by atoms with van der Waals surface area (Å²) in [7, 11) is 0. The van der Waals surface area contributed by atoms with Crippen LogP contribution >= 0.6 is 0 Å². The highest BCUT2D eigenvalue weighted by Crippen LogP contribution is 2.18. The lowest BCUT2D eigenvalue weighted by atomic mass is 10.00. The summed E-state index contributed by atoms with van der Waals surface area (Å²) in [4.78, 5) is 2.72. The monoisotopic (exact) mass is 240 g/mol. The van der Waals surface area contributed by atoms with Crippen LogP contribution in [0.2, 0.25) is 0 Å². The van der Waals surface area contributed by atoms with Gasteiger partial charge in [0.15, 0.2) is 0 Å². The molecule has 2 unspecified atom stereocenters. The van der Waals surface area contributed by atoms with E-state index in [1.165, 1.54) is 38.9 Å². The molecule has 1 saturated heterocycles. The molecule has 0 spiro atoms. The topological polar surface area (TPSA) is 15.3 Å². The van der Waals surface area contributed by atoms with Crippen LogP contribution in [-0.2, 0) is 0 Å². The van der Waals surface area contributed by atoms with Crippen molar-refractivity contribution < 1.29 is 0 Å². The van der Waals surface area contributed by atoms with Gasteiger partial charge in [-0.05, 0) is 31.7 Å². The molecule has 1 fully saturated rings. The average Bonchev–Trinajstić information content (AvgIpc) is 2.48. The summed E-state index contributed by atoms with van der Waals surface area (Å²) in [6.07, 6.45) is 3.93. The second-order valence-corrected chi connectivity index (χ2v) is 6.08. The third-order valence-corrected chi connectivity index (χ3v) is 4.48. The molecule has 17 heavy (non-hydrogen) atoms. The van der Waals surface area contributed by atoms with Crippen molar-refractivity contribution >= 4 is 0 Å². The smallest absolute Gasteiger partial charge is 0.0218 e. The Morgan fingerprint density at radius 2 is 1.88 bits per heavy atom. The molecule has 1 aliphatic heterocycles. The second-order valence-electron chi connectivity index (χ2n) is 6.08. The van der Waals surface area contributed by atoms with Gasteiger partial charge in [-0.25, -0.2) is 0 Å². The second kappa shape index (κ2) is 7.38. The fraction of sp³-hybridized carbons (Fsp3) is 1.00. The van der Waals surface area contributed by atoms with E-state index in [4.69, 9.17) is 0 Å². The van der Waals surface area contributed by atoms with Crippen molar-refractivity contribution in [3.63, 3.8) is 0 Å². The molecular weight excluding hydrogens is 208 g/mol. The summed E-state index contributed by atoms with van der Waals surface area (Å²) in [6.45, 7) is 15.4. The van der Waals surface area contributed by atoms with Crippen LogP contribution in [-0.4, -0.2) is 36.6 Å². The molecule has 102 valence electrons. The highest BCUT2D eigenvalue weighted by molar-refractivity contribution is 4.83. The fourth-order valence-corrected chi connectivity index (χ4v) is 2.74. The molecule has 1 heterocycles. The summed E-state index contributed by atoms with van der Waals surface area (Å²) in [5.41, 5.74) is 0. The van der Waals surface area contributed by atoms with E-state index >= 15 is 0 Å². The van der Waals surface area contributed by atoms with Gasteiger partial charge in [0.05, 0.1) is 0 Å². The zero-order valence-corrected chi connectivity index (χ0v) is 12.5. The van der Waals surface area contributed by atoms with Crippen molar-refractivity contribution in [1.82, 2.24) is 10.2 Å². The van der Waals surface area contributed by atoms with Gasteiger partial charge in [-0.2, -0.15) is 0 Å². The van der Waals surface area contributed by atoms with E-state index in [2.05, 4.69) is 44.8 Å². The van der Waals surface area contributed by atoms with Crippen molar-refractivity contribution in [2.45, 2.75) is 66.0 Å². The summed E-state index contributed by atoms with van der Waals surface area (Å²) in [6, 6.07) is 1.42. The minimum atomic E-state index is 0.675. The standard InChI is InChI=1S/C15H32N2/c1-6-14(7-2)10-17-11-15(12(3)4)16-9-8-13(17)5/h12-16H,6-11H2,1-5H3. The van der Waals surface area contributed by atoms with Crippen LogP contribution < -0.4 is 5.32 Å². The SMILES string of the molecule is CCC(CC)CN1CC(C(C)C)NCCC1C. The van der Waals surface area contributed by atoms with Crippen LogP contribution in [0.3, 0.4) is 0 Å². The summed E-state index contributed by atoms with van der Waals surface area (Å²) in [5, 5.41) is 3.71. The van der Waals surface area contributed by atoms with Gasteiger partial charge in [-0.15, -0.1) is 0 Å². The maximum Gasteiger partial charge on any atom is 0.0218 e. The number of nitrogens with one attached hydrogen (secondary N) is 1. The van der Waals surface area contributed by atoms with E-state index in [0.717, 1.165) is 17.9 Å². The van der Waals surface area contributed by atoms with Crippen molar-refractivity contribution in [2.24, 2.45) is 11.8 Å². The predicted octanol–water partition coefficient (Wildman–Crippen LogP) is 3.13. The van der Waals surface area contributed by atoms with Gasteiger partial charge in [0.25, 0.3) is 0 Å². The Balaban J connectivity index is 2.58. The van der Waals surface area contributed by atoms with E-state index in [1.54, 1.807) is 0 Å². The van der Waals surface area contributed by atoms with Crippen LogP contribution in [0.4, 0.5) is 0 Å². The molecule has 1 N–H and O–H groups in total. The van der Waals surface area contributed by atoms with E-state index in [-0.39, 0.29) is 0 Å². The van der Waals surface area contributed by atoms with Gasteiger partial charge in [-0.1, -0.05) is 40.5 Å². The van der Waals surface area contributed by atoms with Crippen LogP contribution in [0.1, 0.15) is 53.9 Å². The molecule has 0 radical (unpaired) electrons. The van der Waals surface area contributed by atoms with Gasteiger partial charge >= 0.3 is 0 Å². The lowest BCUT2D eigenvalue weighted by Gasteiger charge is -2.33. The molecule has 2 heteroatoms. The van der Waals surface area contributed by atoms with Crippen molar-refractivity contribution in [3.05, 3.63) is 0 Å². The quantitative estimate of drug-likeness (QED) is 0.794. The lowest BCUT2D eigenvalue weighted by Crippen LogP contribution is -2.44. The van der Waals surface area contributed by atoms with Crippen molar-refractivity contribution in [2.75, 3.05) is 19.6 Å². The molecule has 2 atom stereocenters. The predicted molar refractivity (Wildman–Crippen MR) is 76.4 cm³/mol. The first-order valence-electron chi connectivity index (χ1n) is 7.55. The summed E-state index contributed by atoms with van der Waals surface area (Å²) >= 11 is 0. The molecule has 0 amide bonds. The molecule has 2 nitrogen and oxygen atoms in total. The molecule has 0 saturated carbocycles. The zero-order chi connectivity index (χ0) is 12.8. The van der Waals surface area contributed by atoms with Gasteiger partial charge < -0.3 is 5.32 Å².